The summed E-state index contributed by atoms with van der Waals surface area (Å²) in [6.45, 7) is 13.3. The van der Waals surface area contributed by atoms with Gasteiger partial charge in [0.2, 0.25) is 0 Å². The van der Waals surface area contributed by atoms with Crippen LogP contribution in [-0.2, 0) is 5.41 Å². The molecule has 0 radical (unpaired) electrons. The Morgan fingerprint density at radius 2 is 1.86 bits per heavy atom. The van der Waals surface area contributed by atoms with Crippen molar-refractivity contribution in [1.29, 1.82) is 0 Å². The number of halogens is 2. The molecule has 0 bridgehead atoms. The van der Waals surface area contributed by atoms with Gasteiger partial charge in [-0.15, -0.1) is 0 Å². The maximum Gasteiger partial charge on any atom is 0.139 e. The minimum atomic E-state index is -0.0323. The molecule has 21 heavy (non-hydrogen) atoms. The largest absolute Gasteiger partial charge is 0.492 e. The van der Waals surface area contributed by atoms with Crippen LogP contribution in [-0.4, -0.2) is 19.7 Å². The maximum atomic E-state index is 6.43. The van der Waals surface area contributed by atoms with E-state index >= 15 is 0 Å². The molecule has 0 aliphatic rings. The summed E-state index contributed by atoms with van der Waals surface area (Å²) >= 11 is 12.7. The van der Waals surface area contributed by atoms with Crippen molar-refractivity contribution in [3.8, 4) is 5.75 Å². The third-order valence-electron chi connectivity index (χ3n) is 3.53. The van der Waals surface area contributed by atoms with Crippen molar-refractivity contribution in [1.82, 2.24) is 5.32 Å². The number of benzene rings is 1. The molecule has 2 nitrogen and oxygen atoms in total. The lowest BCUT2D eigenvalue weighted by Crippen LogP contribution is -2.28. The highest BCUT2D eigenvalue weighted by Crippen LogP contribution is 2.38. The molecular weight excluding hydrogens is 305 g/mol. The molecule has 0 spiro atoms. The minimum absolute atomic E-state index is 0.0323. The molecule has 1 N–H and O–H groups in total. The Labute approximate surface area is 139 Å². The predicted molar refractivity (Wildman–Crippen MR) is 93.0 cm³/mol. The van der Waals surface area contributed by atoms with E-state index in [1.165, 1.54) is 0 Å². The average Bonchev–Trinajstić information content (AvgIpc) is 2.38. The van der Waals surface area contributed by atoms with Crippen molar-refractivity contribution in [2.45, 2.75) is 46.5 Å². The van der Waals surface area contributed by atoms with E-state index in [4.69, 9.17) is 27.9 Å². The zero-order chi connectivity index (χ0) is 16.0. The normalized spacial score (nSPS) is 12.0. The first kappa shape index (κ1) is 18.6. The summed E-state index contributed by atoms with van der Waals surface area (Å²) in [5.74, 6) is 1.32. The van der Waals surface area contributed by atoms with Gasteiger partial charge in [-0.3, -0.25) is 0 Å². The Morgan fingerprint density at radius 1 is 1.19 bits per heavy atom. The van der Waals surface area contributed by atoms with Gasteiger partial charge in [-0.2, -0.15) is 0 Å². The summed E-state index contributed by atoms with van der Waals surface area (Å²) in [6, 6.07) is 3.77. The molecule has 0 amide bonds. The summed E-state index contributed by atoms with van der Waals surface area (Å²) in [5, 5.41) is 4.82. The summed E-state index contributed by atoms with van der Waals surface area (Å²) in [5.41, 5.74) is 1.04. The van der Waals surface area contributed by atoms with Crippen molar-refractivity contribution in [3.63, 3.8) is 0 Å². The summed E-state index contributed by atoms with van der Waals surface area (Å²) < 4.78 is 5.48. The van der Waals surface area contributed by atoms with E-state index in [0.717, 1.165) is 30.1 Å². The number of hydrogen-bond acceptors (Lipinski definition) is 2. The van der Waals surface area contributed by atoms with Crippen LogP contribution in [0, 0.1) is 5.92 Å². The molecule has 0 unspecified atom stereocenters. The van der Waals surface area contributed by atoms with Crippen molar-refractivity contribution < 1.29 is 4.74 Å². The van der Waals surface area contributed by atoms with E-state index < -0.39 is 0 Å². The van der Waals surface area contributed by atoms with Gasteiger partial charge in [0.25, 0.3) is 0 Å². The van der Waals surface area contributed by atoms with Gasteiger partial charge in [-0.05, 0) is 49.4 Å². The van der Waals surface area contributed by atoms with Crippen molar-refractivity contribution in [2.24, 2.45) is 5.92 Å². The van der Waals surface area contributed by atoms with Gasteiger partial charge in [0.1, 0.15) is 5.75 Å². The van der Waals surface area contributed by atoms with Crippen LogP contribution in [0.25, 0.3) is 0 Å². The van der Waals surface area contributed by atoms with Gasteiger partial charge in [0.15, 0.2) is 0 Å². The first-order chi connectivity index (χ1) is 9.77. The maximum absolute atomic E-state index is 6.43. The van der Waals surface area contributed by atoms with Gasteiger partial charge < -0.3 is 10.1 Å². The van der Waals surface area contributed by atoms with Crippen LogP contribution in [0.5, 0.6) is 5.75 Å². The van der Waals surface area contributed by atoms with Crippen LogP contribution in [0.4, 0.5) is 0 Å². The third kappa shape index (κ3) is 5.69. The minimum Gasteiger partial charge on any atom is -0.492 e. The van der Waals surface area contributed by atoms with Crippen LogP contribution >= 0.6 is 23.2 Å². The molecule has 0 atom stereocenters. The highest BCUT2D eigenvalue weighted by Gasteiger charge is 2.24. The molecule has 0 heterocycles. The lowest BCUT2D eigenvalue weighted by molar-refractivity contribution is 0.340. The molecule has 0 aliphatic heterocycles. The molecule has 1 aromatic carbocycles. The van der Waals surface area contributed by atoms with Gasteiger partial charge in [-0.25, -0.2) is 0 Å². The number of hydrogen-bond donors (Lipinski definition) is 1. The van der Waals surface area contributed by atoms with E-state index in [1.807, 2.05) is 19.1 Å². The Balaban J connectivity index is 2.80. The van der Waals surface area contributed by atoms with E-state index in [-0.39, 0.29) is 5.41 Å². The molecule has 0 aliphatic carbocycles. The number of nitrogens with one attached hydrogen (secondary N) is 1. The lowest BCUT2D eigenvalue weighted by atomic mass is 9.81. The highest BCUT2D eigenvalue weighted by atomic mass is 35.5. The molecular formula is C17H27Cl2NO. The zero-order valence-electron chi connectivity index (χ0n) is 13.7. The standard InChI is InChI=1S/C17H27Cl2NO/c1-6-21-16-10-14(18)13(9-15(16)19)17(4,5)7-8-20-11-12(2)3/h9-10,12,20H,6-8,11H2,1-5H3. The van der Waals surface area contributed by atoms with E-state index in [0.29, 0.717) is 23.3 Å². The summed E-state index contributed by atoms with van der Waals surface area (Å²) in [7, 11) is 0. The van der Waals surface area contributed by atoms with Gasteiger partial charge in [-0.1, -0.05) is 50.9 Å². The predicted octanol–water partition coefficient (Wildman–Crippen LogP) is 5.31. The van der Waals surface area contributed by atoms with Crippen LogP contribution in [0.1, 0.15) is 46.6 Å². The molecule has 1 rings (SSSR count). The number of rotatable bonds is 8. The topological polar surface area (TPSA) is 21.3 Å². The second-order valence-corrected chi connectivity index (χ2v) is 7.24. The van der Waals surface area contributed by atoms with E-state index in [9.17, 15) is 0 Å². The van der Waals surface area contributed by atoms with Crippen molar-refractivity contribution >= 4 is 23.2 Å². The summed E-state index contributed by atoms with van der Waals surface area (Å²) in [6.07, 6.45) is 1.00. The van der Waals surface area contributed by atoms with Crippen LogP contribution in [0.2, 0.25) is 10.0 Å². The molecule has 0 aromatic heterocycles. The molecule has 0 fully saturated rings. The fourth-order valence-electron chi connectivity index (χ4n) is 2.24. The second kappa shape index (κ2) is 8.26. The molecule has 120 valence electrons. The fourth-order valence-corrected chi connectivity index (χ4v) is 2.87. The van der Waals surface area contributed by atoms with Crippen LogP contribution < -0.4 is 10.1 Å². The Bertz CT molecular complexity index is 458. The highest BCUT2D eigenvalue weighted by molar-refractivity contribution is 6.34. The van der Waals surface area contributed by atoms with Crippen LogP contribution in [0.3, 0.4) is 0 Å². The smallest absolute Gasteiger partial charge is 0.139 e. The third-order valence-corrected chi connectivity index (χ3v) is 4.14. The molecule has 0 saturated carbocycles. The molecule has 1 aromatic rings. The Kier molecular flexibility index (Phi) is 7.32. The van der Waals surface area contributed by atoms with Gasteiger partial charge in [0, 0.05) is 11.1 Å². The van der Waals surface area contributed by atoms with E-state index in [1.54, 1.807) is 0 Å². The Morgan fingerprint density at radius 3 is 2.43 bits per heavy atom. The quantitative estimate of drug-likeness (QED) is 0.652. The fraction of sp³-hybridized carbons (Fsp3) is 0.647. The van der Waals surface area contributed by atoms with Gasteiger partial charge >= 0.3 is 0 Å². The monoisotopic (exact) mass is 331 g/mol. The summed E-state index contributed by atoms with van der Waals surface area (Å²) in [4.78, 5) is 0. The van der Waals surface area contributed by atoms with Crippen molar-refractivity contribution in [3.05, 3.63) is 27.7 Å². The first-order valence-electron chi connectivity index (χ1n) is 7.61. The van der Waals surface area contributed by atoms with Gasteiger partial charge in [0.05, 0.1) is 11.6 Å². The number of ether oxygens (including phenoxy) is 1. The SMILES string of the molecule is CCOc1cc(Cl)c(C(C)(C)CCNCC(C)C)cc1Cl. The molecule has 0 saturated heterocycles. The second-order valence-electron chi connectivity index (χ2n) is 6.43. The first-order valence-corrected chi connectivity index (χ1v) is 8.36. The van der Waals surface area contributed by atoms with E-state index in [2.05, 4.69) is 33.0 Å². The van der Waals surface area contributed by atoms with Crippen molar-refractivity contribution in [2.75, 3.05) is 19.7 Å². The zero-order valence-corrected chi connectivity index (χ0v) is 15.2. The lowest BCUT2D eigenvalue weighted by Gasteiger charge is -2.27. The van der Waals surface area contributed by atoms with Crippen LogP contribution in [0.15, 0.2) is 12.1 Å². The molecule has 4 heteroatoms. The average molecular weight is 332 g/mol. The Hall–Kier alpha value is -0.440.